The zero-order valence-electron chi connectivity index (χ0n) is 13.2. The molecule has 0 atom stereocenters. The summed E-state index contributed by atoms with van der Waals surface area (Å²) in [6.45, 7) is 4.05. The molecule has 0 saturated carbocycles. The van der Waals surface area contributed by atoms with E-state index in [4.69, 9.17) is 4.74 Å². The van der Waals surface area contributed by atoms with Gasteiger partial charge in [0.2, 0.25) is 0 Å². The van der Waals surface area contributed by atoms with Crippen LogP contribution in [-0.2, 0) is 0 Å². The molecule has 4 nitrogen and oxygen atoms in total. The molecule has 0 saturated heterocycles. The lowest BCUT2D eigenvalue weighted by molar-refractivity contribution is 0.112. The van der Waals surface area contributed by atoms with Crippen LogP contribution in [0.15, 0.2) is 70.3 Å². The van der Waals surface area contributed by atoms with E-state index in [1.807, 2.05) is 42.5 Å². The molecule has 0 spiro atoms. The highest BCUT2D eigenvalue weighted by Crippen LogP contribution is 2.38. The molecule has 2 aromatic carbocycles. The molecule has 0 aliphatic heterocycles. The van der Waals surface area contributed by atoms with E-state index in [1.165, 1.54) is 0 Å². The minimum Gasteiger partial charge on any atom is -0.487 e. The number of hydrogen-bond acceptors (Lipinski definition) is 3. The maximum atomic E-state index is 11.5. The lowest BCUT2D eigenvalue weighted by Gasteiger charge is -2.10. The van der Waals surface area contributed by atoms with Gasteiger partial charge >= 0.3 is 0 Å². The summed E-state index contributed by atoms with van der Waals surface area (Å²) in [6.07, 6.45) is 4.21. The fourth-order valence-corrected chi connectivity index (χ4v) is 3.80. The van der Waals surface area contributed by atoms with Crippen molar-refractivity contribution in [3.05, 3.63) is 75.8 Å². The van der Waals surface area contributed by atoms with E-state index < -0.39 is 0 Å². The highest BCUT2D eigenvalue weighted by molar-refractivity contribution is 9.11. The van der Waals surface area contributed by atoms with Gasteiger partial charge in [0.1, 0.15) is 18.1 Å². The summed E-state index contributed by atoms with van der Waals surface area (Å²) in [4.78, 5) is 11.5. The van der Waals surface area contributed by atoms with Crippen molar-refractivity contribution in [2.45, 2.75) is 0 Å². The van der Waals surface area contributed by atoms with E-state index in [0.29, 0.717) is 23.6 Å². The number of aldehydes is 1. The lowest BCUT2D eigenvalue weighted by Crippen LogP contribution is -1.96. The summed E-state index contributed by atoms with van der Waals surface area (Å²) in [7, 11) is 0. The van der Waals surface area contributed by atoms with Gasteiger partial charge < -0.3 is 4.74 Å². The Kier molecular flexibility index (Phi) is 5.50. The maximum Gasteiger partial charge on any atom is 0.153 e. The van der Waals surface area contributed by atoms with Gasteiger partial charge in [-0.1, -0.05) is 30.9 Å². The second-order valence-corrected chi connectivity index (χ2v) is 6.91. The van der Waals surface area contributed by atoms with E-state index in [1.54, 1.807) is 17.0 Å². The summed E-state index contributed by atoms with van der Waals surface area (Å²) >= 11 is 7.02. The van der Waals surface area contributed by atoms with Crippen LogP contribution in [0, 0.1) is 0 Å². The molecule has 0 bridgehead atoms. The van der Waals surface area contributed by atoms with Crippen LogP contribution in [0.4, 0.5) is 0 Å². The molecule has 1 aromatic heterocycles. The molecule has 1 heterocycles. The van der Waals surface area contributed by atoms with Gasteiger partial charge in [0, 0.05) is 11.8 Å². The van der Waals surface area contributed by atoms with Crippen LogP contribution in [0.1, 0.15) is 10.4 Å². The average Bonchev–Trinajstić information content (AvgIpc) is 3.06. The van der Waals surface area contributed by atoms with Crippen LogP contribution in [0.25, 0.3) is 16.9 Å². The first-order valence-corrected chi connectivity index (χ1v) is 9.06. The van der Waals surface area contributed by atoms with Crippen LogP contribution < -0.4 is 4.74 Å². The summed E-state index contributed by atoms with van der Waals surface area (Å²) in [5.41, 5.74) is 2.82. The Morgan fingerprint density at radius 3 is 2.44 bits per heavy atom. The standard InChI is InChI=1S/C19H14Br2N2O2/c1-2-8-25-19-16(20)9-13(10-17(19)21)18-14(12-24)11-23(22-18)15-6-4-3-5-7-15/h2-7,9-12H,1,8H2. The predicted molar refractivity (Wildman–Crippen MR) is 105 cm³/mol. The Hall–Kier alpha value is -2.18. The van der Waals surface area contributed by atoms with Crippen molar-refractivity contribution in [1.82, 2.24) is 9.78 Å². The molecule has 25 heavy (non-hydrogen) atoms. The number of para-hydroxylation sites is 1. The predicted octanol–water partition coefficient (Wildman–Crippen LogP) is 5.44. The lowest BCUT2D eigenvalue weighted by atomic mass is 10.1. The third-order valence-corrected chi connectivity index (χ3v) is 4.69. The van der Waals surface area contributed by atoms with Crippen molar-refractivity contribution in [2.75, 3.05) is 6.61 Å². The topological polar surface area (TPSA) is 44.1 Å². The highest BCUT2D eigenvalue weighted by Gasteiger charge is 2.16. The number of carbonyl (C=O) groups is 1. The SMILES string of the molecule is C=CCOc1c(Br)cc(-c2nn(-c3ccccc3)cc2C=O)cc1Br. The van der Waals surface area contributed by atoms with Crippen molar-refractivity contribution in [3.63, 3.8) is 0 Å². The van der Waals surface area contributed by atoms with Crippen molar-refractivity contribution in [3.8, 4) is 22.7 Å². The van der Waals surface area contributed by atoms with Gasteiger partial charge in [0.25, 0.3) is 0 Å². The first-order chi connectivity index (χ1) is 12.1. The number of carbonyl (C=O) groups excluding carboxylic acids is 1. The zero-order chi connectivity index (χ0) is 17.8. The summed E-state index contributed by atoms with van der Waals surface area (Å²) in [5.74, 6) is 0.679. The largest absolute Gasteiger partial charge is 0.487 e. The number of benzene rings is 2. The van der Waals surface area contributed by atoms with Gasteiger partial charge in [-0.2, -0.15) is 5.10 Å². The van der Waals surface area contributed by atoms with E-state index in [-0.39, 0.29) is 0 Å². The number of halogens is 2. The van der Waals surface area contributed by atoms with Gasteiger partial charge in [-0.15, -0.1) is 0 Å². The van der Waals surface area contributed by atoms with E-state index in [9.17, 15) is 4.79 Å². The number of rotatable bonds is 6. The number of nitrogens with zero attached hydrogens (tertiary/aromatic N) is 2. The smallest absolute Gasteiger partial charge is 0.153 e. The number of aromatic nitrogens is 2. The Balaban J connectivity index is 2.06. The second-order valence-electron chi connectivity index (χ2n) is 5.20. The molecular formula is C19H14Br2N2O2. The minimum atomic E-state index is 0.402. The quantitative estimate of drug-likeness (QED) is 0.362. The van der Waals surface area contributed by atoms with Gasteiger partial charge in [-0.05, 0) is 56.1 Å². The molecule has 0 unspecified atom stereocenters. The molecule has 0 N–H and O–H groups in total. The molecule has 126 valence electrons. The van der Waals surface area contributed by atoms with Gasteiger partial charge in [0.05, 0.1) is 20.2 Å². The van der Waals surface area contributed by atoms with E-state index in [0.717, 1.165) is 26.5 Å². The first-order valence-electron chi connectivity index (χ1n) is 7.47. The molecule has 0 aliphatic carbocycles. The van der Waals surface area contributed by atoms with Gasteiger partial charge in [-0.25, -0.2) is 4.68 Å². The normalized spacial score (nSPS) is 10.5. The fourth-order valence-electron chi connectivity index (χ4n) is 2.39. The van der Waals surface area contributed by atoms with Crippen molar-refractivity contribution < 1.29 is 9.53 Å². The Bertz CT molecular complexity index is 897. The van der Waals surface area contributed by atoms with Crippen LogP contribution in [0.3, 0.4) is 0 Å². The third-order valence-electron chi connectivity index (χ3n) is 3.51. The molecular weight excluding hydrogens is 448 g/mol. The molecule has 0 amide bonds. The van der Waals surface area contributed by atoms with Crippen molar-refractivity contribution in [2.24, 2.45) is 0 Å². The Morgan fingerprint density at radius 1 is 1.16 bits per heavy atom. The van der Waals surface area contributed by atoms with E-state index in [2.05, 4.69) is 43.5 Å². The minimum absolute atomic E-state index is 0.402. The molecule has 0 fully saturated rings. The second kappa shape index (κ2) is 7.80. The van der Waals surface area contributed by atoms with Gasteiger partial charge in [0.15, 0.2) is 6.29 Å². The van der Waals surface area contributed by atoms with Crippen molar-refractivity contribution in [1.29, 1.82) is 0 Å². The monoisotopic (exact) mass is 460 g/mol. The molecule has 0 aliphatic rings. The van der Waals surface area contributed by atoms with Crippen LogP contribution in [0.5, 0.6) is 5.75 Å². The Morgan fingerprint density at radius 2 is 1.84 bits per heavy atom. The summed E-state index contributed by atoms with van der Waals surface area (Å²) < 4.78 is 8.87. The van der Waals surface area contributed by atoms with Crippen LogP contribution in [-0.4, -0.2) is 22.7 Å². The third kappa shape index (κ3) is 3.75. The average molecular weight is 462 g/mol. The Labute approximate surface area is 162 Å². The summed E-state index contributed by atoms with van der Waals surface area (Å²) in [6, 6.07) is 13.4. The molecule has 3 aromatic rings. The first kappa shape index (κ1) is 17.6. The number of hydrogen-bond donors (Lipinski definition) is 0. The fraction of sp³-hybridized carbons (Fsp3) is 0.0526. The molecule has 0 radical (unpaired) electrons. The molecule has 3 rings (SSSR count). The van der Waals surface area contributed by atoms with Crippen LogP contribution >= 0.6 is 31.9 Å². The highest BCUT2D eigenvalue weighted by atomic mass is 79.9. The van der Waals surface area contributed by atoms with Crippen LogP contribution in [0.2, 0.25) is 0 Å². The number of ether oxygens (including phenoxy) is 1. The molecule has 6 heteroatoms. The maximum absolute atomic E-state index is 11.5. The summed E-state index contributed by atoms with van der Waals surface area (Å²) in [5, 5.41) is 4.58. The van der Waals surface area contributed by atoms with E-state index >= 15 is 0 Å². The van der Waals surface area contributed by atoms with Crippen molar-refractivity contribution >= 4 is 38.1 Å². The zero-order valence-corrected chi connectivity index (χ0v) is 16.3. The van der Waals surface area contributed by atoms with Gasteiger partial charge in [-0.3, -0.25) is 4.79 Å².